The molecule has 2 N–H and O–H groups in total. The summed E-state index contributed by atoms with van der Waals surface area (Å²) in [5, 5.41) is 8.42. The van der Waals surface area contributed by atoms with Gasteiger partial charge in [-0.3, -0.25) is 0 Å². The zero-order chi connectivity index (χ0) is 22.3. The maximum absolute atomic E-state index is 14.2. The number of nitriles is 1. The fourth-order valence-electron chi connectivity index (χ4n) is 2.12. The minimum Gasteiger partial charge on any atom is -0.406 e. The van der Waals surface area contributed by atoms with Crippen LogP contribution in [0.3, 0.4) is 0 Å². The molecule has 0 spiro atoms. The SMILES string of the molecule is C=O.CN.N#CCCC#Cc1ccc(Cc2cccc(OC(F)(F)F)c2)c(F)c1. The lowest BCUT2D eigenvalue weighted by Gasteiger charge is -2.10. The molecular formula is C21H20F4N2O2. The van der Waals surface area contributed by atoms with Gasteiger partial charge in [-0.2, -0.15) is 5.26 Å². The molecule has 4 nitrogen and oxygen atoms in total. The summed E-state index contributed by atoms with van der Waals surface area (Å²) in [4.78, 5) is 8.00. The lowest BCUT2D eigenvalue weighted by atomic mass is 10.0. The number of halogens is 4. The van der Waals surface area contributed by atoms with Crippen LogP contribution in [0.15, 0.2) is 42.5 Å². The standard InChI is InChI=1S/C19H13F4NO.CH5N.CH2O/c20-18-13-14(5-2-1-3-10-24)8-9-16(18)11-15-6-4-7-17(12-15)25-19(21,22)23;2*1-2/h4,6-9,12-13H,1,3,11H2;2H2,1H3;1H2. The molecule has 29 heavy (non-hydrogen) atoms. The summed E-state index contributed by atoms with van der Waals surface area (Å²) in [6.07, 6.45) is -3.92. The van der Waals surface area contributed by atoms with Crippen LogP contribution >= 0.6 is 0 Å². The predicted octanol–water partition coefficient (Wildman–Crippen LogP) is 4.36. The van der Waals surface area contributed by atoms with Crippen molar-refractivity contribution in [2.45, 2.75) is 25.6 Å². The first kappa shape index (κ1) is 25.6. The van der Waals surface area contributed by atoms with E-state index in [2.05, 4.69) is 22.3 Å². The molecule has 2 aromatic carbocycles. The minimum absolute atomic E-state index is 0.128. The van der Waals surface area contributed by atoms with E-state index in [0.29, 0.717) is 29.5 Å². The highest BCUT2D eigenvalue weighted by Crippen LogP contribution is 2.24. The van der Waals surface area contributed by atoms with Gasteiger partial charge in [-0.15, -0.1) is 13.2 Å². The number of carbonyl (C=O) groups excluding carboxylic acids is 1. The Kier molecular flexibility index (Phi) is 12.2. The zero-order valence-corrected chi connectivity index (χ0v) is 15.7. The molecule has 0 fully saturated rings. The van der Waals surface area contributed by atoms with Crippen molar-refractivity contribution in [1.29, 1.82) is 5.26 Å². The number of hydrogen-bond donors (Lipinski definition) is 1. The van der Waals surface area contributed by atoms with Crippen molar-refractivity contribution in [1.82, 2.24) is 0 Å². The van der Waals surface area contributed by atoms with Crippen molar-refractivity contribution in [3.63, 3.8) is 0 Å². The van der Waals surface area contributed by atoms with Crippen LogP contribution in [0.25, 0.3) is 0 Å². The van der Waals surface area contributed by atoms with Crippen LogP contribution in [0.4, 0.5) is 17.6 Å². The summed E-state index contributed by atoms with van der Waals surface area (Å²) < 4.78 is 54.7. The van der Waals surface area contributed by atoms with Gasteiger partial charge in [0.15, 0.2) is 0 Å². The first-order valence-electron chi connectivity index (χ1n) is 8.23. The molecule has 2 rings (SSSR count). The van der Waals surface area contributed by atoms with E-state index in [1.807, 2.05) is 12.9 Å². The smallest absolute Gasteiger partial charge is 0.406 e. The van der Waals surface area contributed by atoms with Gasteiger partial charge in [-0.05, 0) is 42.4 Å². The summed E-state index contributed by atoms with van der Waals surface area (Å²) in [6.45, 7) is 2.00. The van der Waals surface area contributed by atoms with E-state index in [9.17, 15) is 17.6 Å². The van der Waals surface area contributed by atoms with Crippen molar-refractivity contribution in [3.05, 3.63) is 65.0 Å². The minimum atomic E-state index is -4.77. The number of carbonyl (C=O) groups is 1. The maximum Gasteiger partial charge on any atom is 0.573 e. The summed E-state index contributed by atoms with van der Waals surface area (Å²) in [6, 6.07) is 11.8. The number of nitrogens with two attached hydrogens (primary N) is 1. The number of nitrogens with zero attached hydrogens (tertiary/aromatic N) is 1. The molecule has 0 amide bonds. The Morgan fingerprint density at radius 2 is 1.79 bits per heavy atom. The lowest BCUT2D eigenvalue weighted by Crippen LogP contribution is -2.17. The Morgan fingerprint density at radius 1 is 1.10 bits per heavy atom. The zero-order valence-electron chi connectivity index (χ0n) is 15.7. The Bertz CT molecular complexity index is 865. The van der Waals surface area contributed by atoms with E-state index in [1.165, 1.54) is 31.3 Å². The third-order valence-electron chi connectivity index (χ3n) is 3.17. The van der Waals surface area contributed by atoms with Gasteiger partial charge in [0, 0.05) is 24.8 Å². The van der Waals surface area contributed by atoms with Crippen LogP contribution in [0.2, 0.25) is 0 Å². The van der Waals surface area contributed by atoms with E-state index in [4.69, 9.17) is 10.1 Å². The monoisotopic (exact) mass is 408 g/mol. The van der Waals surface area contributed by atoms with Crippen molar-refractivity contribution in [3.8, 4) is 23.7 Å². The van der Waals surface area contributed by atoms with Crippen LogP contribution in [0.5, 0.6) is 5.75 Å². The Labute approximate surface area is 166 Å². The molecule has 0 bridgehead atoms. The maximum atomic E-state index is 14.2. The summed E-state index contributed by atoms with van der Waals surface area (Å²) in [5.74, 6) is 4.69. The van der Waals surface area contributed by atoms with Gasteiger partial charge in [0.1, 0.15) is 18.4 Å². The van der Waals surface area contributed by atoms with E-state index < -0.39 is 12.2 Å². The topological polar surface area (TPSA) is 76.1 Å². The number of ether oxygens (including phenoxy) is 1. The van der Waals surface area contributed by atoms with Crippen molar-refractivity contribution in [2.75, 3.05) is 7.05 Å². The van der Waals surface area contributed by atoms with Crippen molar-refractivity contribution in [2.24, 2.45) is 5.73 Å². The molecule has 154 valence electrons. The Balaban J connectivity index is 0.00000184. The van der Waals surface area contributed by atoms with Crippen LogP contribution in [-0.2, 0) is 11.2 Å². The molecule has 8 heteroatoms. The first-order valence-corrected chi connectivity index (χ1v) is 8.23. The highest BCUT2D eigenvalue weighted by molar-refractivity contribution is 5.39. The summed E-state index contributed by atoms with van der Waals surface area (Å²) >= 11 is 0. The Morgan fingerprint density at radius 3 is 2.38 bits per heavy atom. The molecule has 0 saturated carbocycles. The molecule has 0 saturated heterocycles. The molecule has 0 radical (unpaired) electrons. The Hall–Kier alpha value is -3.36. The quantitative estimate of drug-likeness (QED) is 0.463. The largest absolute Gasteiger partial charge is 0.573 e. The third-order valence-corrected chi connectivity index (χ3v) is 3.17. The second kappa shape index (κ2) is 13.8. The number of benzene rings is 2. The average molecular weight is 408 g/mol. The van der Waals surface area contributed by atoms with Crippen LogP contribution in [0.1, 0.15) is 29.5 Å². The summed E-state index contributed by atoms with van der Waals surface area (Å²) in [7, 11) is 1.50. The van der Waals surface area contributed by atoms with Gasteiger partial charge in [-0.1, -0.05) is 30.0 Å². The van der Waals surface area contributed by atoms with Gasteiger partial charge in [0.25, 0.3) is 0 Å². The molecule has 2 aromatic rings. The van der Waals surface area contributed by atoms with Crippen LogP contribution < -0.4 is 10.5 Å². The second-order valence-electron chi connectivity index (χ2n) is 5.14. The molecule has 0 aliphatic heterocycles. The van der Waals surface area contributed by atoms with Gasteiger partial charge in [0.2, 0.25) is 0 Å². The average Bonchev–Trinajstić information content (AvgIpc) is 2.69. The third kappa shape index (κ3) is 10.5. The fraction of sp³-hybridized carbons (Fsp3) is 0.238. The number of alkyl halides is 3. The van der Waals surface area contributed by atoms with E-state index in [1.54, 1.807) is 18.2 Å². The first-order chi connectivity index (χ1) is 13.9. The van der Waals surface area contributed by atoms with Gasteiger partial charge >= 0.3 is 6.36 Å². The highest BCUT2D eigenvalue weighted by atomic mass is 19.4. The second-order valence-corrected chi connectivity index (χ2v) is 5.14. The van der Waals surface area contributed by atoms with Gasteiger partial charge < -0.3 is 15.3 Å². The lowest BCUT2D eigenvalue weighted by molar-refractivity contribution is -0.274. The van der Waals surface area contributed by atoms with Crippen molar-refractivity contribution < 1.29 is 27.1 Å². The molecule has 0 heterocycles. The number of hydrogen-bond acceptors (Lipinski definition) is 4. The normalized spacial score (nSPS) is 9.41. The van der Waals surface area contributed by atoms with E-state index >= 15 is 0 Å². The molecule has 0 atom stereocenters. The summed E-state index contributed by atoms with van der Waals surface area (Å²) in [5.41, 5.74) is 5.81. The fourth-order valence-corrected chi connectivity index (χ4v) is 2.12. The molecule has 0 aliphatic carbocycles. The highest BCUT2D eigenvalue weighted by Gasteiger charge is 2.31. The van der Waals surface area contributed by atoms with E-state index in [0.717, 1.165) is 0 Å². The van der Waals surface area contributed by atoms with Crippen LogP contribution in [-0.4, -0.2) is 20.2 Å². The van der Waals surface area contributed by atoms with Crippen molar-refractivity contribution >= 4 is 6.79 Å². The van der Waals surface area contributed by atoms with Crippen LogP contribution in [0, 0.1) is 29.0 Å². The molecular weight excluding hydrogens is 388 g/mol. The number of rotatable bonds is 4. The number of unbranched alkanes of at least 4 members (excludes halogenated alkanes) is 1. The van der Waals surface area contributed by atoms with Gasteiger partial charge in [0.05, 0.1) is 6.07 Å². The van der Waals surface area contributed by atoms with E-state index in [-0.39, 0.29) is 12.2 Å². The molecule has 0 aromatic heterocycles. The van der Waals surface area contributed by atoms with Gasteiger partial charge in [-0.25, -0.2) is 4.39 Å². The molecule has 0 aliphatic rings. The predicted molar refractivity (Wildman–Crippen MR) is 101 cm³/mol. The molecule has 0 unspecified atom stereocenters.